The van der Waals surface area contributed by atoms with Crippen LogP contribution in [-0.4, -0.2) is 35.8 Å². The van der Waals surface area contributed by atoms with Crippen molar-refractivity contribution in [1.29, 1.82) is 0 Å². The van der Waals surface area contributed by atoms with E-state index in [0.29, 0.717) is 5.56 Å². The standard InChI is InChI=1S/C19H22F3N3O4/c1-5-28-15-14(17(27)29-6-2)23-18(25(4)16(15)26)24(3)11-12-8-7-9-13(10-12)19(20,21)22/h7-10H,5-6,11H2,1-4H3. The Bertz CT molecular complexity index is 941. The zero-order valence-corrected chi connectivity index (χ0v) is 16.5. The van der Waals surface area contributed by atoms with Crippen molar-refractivity contribution in [3.05, 3.63) is 51.4 Å². The molecule has 2 aromatic rings. The monoisotopic (exact) mass is 413 g/mol. The van der Waals surface area contributed by atoms with Gasteiger partial charge < -0.3 is 14.4 Å². The third-order valence-electron chi connectivity index (χ3n) is 4.00. The van der Waals surface area contributed by atoms with Crippen molar-refractivity contribution in [2.45, 2.75) is 26.6 Å². The van der Waals surface area contributed by atoms with E-state index in [4.69, 9.17) is 9.47 Å². The molecule has 2 rings (SSSR count). The van der Waals surface area contributed by atoms with Crippen molar-refractivity contribution in [2.75, 3.05) is 25.2 Å². The lowest BCUT2D eigenvalue weighted by atomic mass is 10.1. The minimum atomic E-state index is -4.46. The summed E-state index contributed by atoms with van der Waals surface area (Å²) < 4.78 is 50.2. The van der Waals surface area contributed by atoms with Gasteiger partial charge in [-0.1, -0.05) is 12.1 Å². The van der Waals surface area contributed by atoms with Crippen LogP contribution in [0, 0.1) is 0 Å². The Balaban J connectivity index is 2.46. The molecule has 1 aromatic heterocycles. The molecule has 7 nitrogen and oxygen atoms in total. The summed E-state index contributed by atoms with van der Waals surface area (Å²) in [5.74, 6) is -0.967. The maximum atomic E-state index is 12.9. The Morgan fingerprint density at radius 2 is 1.93 bits per heavy atom. The summed E-state index contributed by atoms with van der Waals surface area (Å²) in [5, 5.41) is 0. The van der Waals surface area contributed by atoms with Gasteiger partial charge in [-0.15, -0.1) is 0 Å². The maximum absolute atomic E-state index is 12.9. The Kier molecular flexibility index (Phi) is 6.89. The van der Waals surface area contributed by atoms with Crippen molar-refractivity contribution in [3.8, 4) is 5.75 Å². The molecule has 0 bridgehead atoms. The molecule has 0 N–H and O–H groups in total. The van der Waals surface area contributed by atoms with E-state index in [1.54, 1.807) is 20.9 Å². The highest BCUT2D eigenvalue weighted by Crippen LogP contribution is 2.30. The second-order valence-electron chi connectivity index (χ2n) is 6.16. The first-order valence-electron chi connectivity index (χ1n) is 8.88. The number of ether oxygens (including phenoxy) is 2. The summed E-state index contributed by atoms with van der Waals surface area (Å²) in [7, 11) is 2.99. The van der Waals surface area contributed by atoms with Gasteiger partial charge in [0, 0.05) is 20.6 Å². The fraction of sp³-hybridized carbons (Fsp3) is 0.421. The molecule has 158 valence electrons. The first kappa shape index (κ1) is 22.3. The molecule has 0 saturated carbocycles. The number of rotatable bonds is 7. The van der Waals surface area contributed by atoms with Crippen LogP contribution in [0.4, 0.5) is 19.1 Å². The van der Waals surface area contributed by atoms with Crippen LogP contribution >= 0.6 is 0 Å². The van der Waals surface area contributed by atoms with Crippen LogP contribution in [-0.2, 0) is 24.5 Å². The summed E-state index contributed by atoms with van der Waals surface area (Å²) in [4.78, 5) is 30.6. The van der Waals surface area contributed by atoms with Crippen LogP contribution in [0.25, 0.3) is 0 Å². The third-order valence-corrected chi connectivity index (χ3v) is 4.00. The number of carbonyl (C=O) groups excluding carboxylic acids is 1. The highest BCUT2D eigenvalue weighted by molar-refractivity contribution is 5.90. The van der Waals surface area contributed by atoms with E-state index in [9.17, 15) is 22.8 Å². The second-order valence-corrected chi connectivity index (χ2v) is 6.16. The van der Waals surface area contributed by atoms with Crippen LogP contribution in [0.2, 0.25) is 0 Å². The normalized spacial score (nSPS) is 11.3. The van der Waals surface area contributed by atoms with Crippen molar-refractivity contribution >= 4 is 11.9 Å². The predicted octanol–water partition coefficient (Wildman–Crippen LogP) is 3.01. The molecule has 29 heavy (non-hydrogen) atoms. The first-order valence-corrected chi connectivity index (χ1v) is 8.88. The molecule has 0 aliphatic heterocycles. The van der Waals surface area contributed by atoms with Crippen molar-refractivity contribution in [2.24, 2.45) is 7.05 Å². The number of esters is 1. The number of halogens is 3. The number of benzene rings is 1. The number of carbonyl (C=O) groups is 1. The van der Waals surface area contributed by atoms with E-state index in [0.717, 1.165) is 12.1 Å². The van der Waals surface area contributed by atoms with E-state index in [1.807, 2.05) is 0 Å². The van der Waals surface area contributed by atoms with Crippen LogP contribution in [0.3, 0.4) is 0 Å². The minimum absolute atomic E-state index is 0.0282. The number of hydrogen-bond donors (Lipinski definition) is 0. The lowest BCUT2D eigenvalue weighted by molar-refractivity contribution is -0.137. The van der Waals surface area contributed by atoms with Gasteiger partial charge in [-0.05, 0) is 31.5 Å². The van der Waals surface area contributed by atoms with Gasteiger partial charge in [0.2, 0.25) is 11.7 Å². The van der Waals surface area contributed by atoms with E-state index in [1.165, 1.54) is 28.6 Å². The highest BCUT2D eigenvalue weighted by atomic mass is 19.4. The smallest absolute Gasteiger partial charge is 0.416 e. The molecule has 0 atom stereocenters. The largest absolute Gasteiger partial charge is 0.486 e. The molecule has 0 aliphatic rings. The zero-order valence-electron chi connectivity index (χ0n) is 16.5. The quantitative estimate of drug-likeness (QED) is 0.650. The van der Waals surface area contributed by atoms with Gasteiger partial charge in [0.25, 0.3) is 5.56 Å². The van der Waals surface area contributed by atoms with Gasteiger partial charge >= 0.3 is 12.1 Å². The van der Waals surface area contributed by atoms with Crippen LogP contribution in [0.5, 0.6) is 5.75 Å². The van der Waals surface area contributed by atoms with Crippen LogP contribution in [0.1, 0.15) is 35.5 Å². The fourth-order valence-corrected chi connectivity index (χ4v) is 2.71. The molecule has 0 spiro atoms. The van der Waals surface area contributed by atoms with Gasteiger partial charge in [0.1, 0.15) is 0 Å². The molecule has 0 fully saturated rings. The van der Waals surface area contributed by atoms with Gasteiger partial charge in [-0.2, -0.15) is 13.2 Å². The van der Waals surface area contributed by atoms with Crippen LogP contribution < -0.4 is 15.2 Å². The number of aromatic nitrogens is 2. The molecule has 0 saturated heterocycles. The molecule has 0 unspecified atom stereocenters. The summed E-state index contributed by atoms with van der Waals surface area (Å²) >= 11 is 0. The summed E-state index contributed by atoms with van der Waals surface area (Å²) in [6.45, 7) is 3.52. The molecule has 0 aliphatic carbocycles. The summed E-state index contributed by atoms with van der Waals surface area (Å²) in [5.41, 5.74) is -1.29. The number of hydrogen-bond acceptors (Lipinski definition) is 6. The van der Waals surface area contributed by atoms with E-state index >= 15 is 0 Å². The van der Waals surface area contributed by atoms with Gasteiger partial charge in [-0.3, -0.25) is 9.36 Å². The van der Waals surface area contributed by atoms with Gasteiger partial charge in [-0.25, -0.2) is 9.78 Å². The van der Waals surface area contributed by atoms with Gasteiger partial charge in [0.15, 0.2) is 5.69 Å². The Morgan fingerprint density at radius 3 is 2.52 bits per heavy atom. The first-order chi connectivity index (χ1) is 13.6. The minimum Gasteiger partial charge on any atom is -0.486 e. The number of anilines is 1. The zero-order chi connectivity index (χ0) is 21.8. The highest BCUT2D eigenvalue weighted by Gasteiger charge is 2.30. The SMILES string of the molecule is CCOC(=O)c1nc(N(C)Cc2cccc(C(F)(F)F)c2)n(C)c(=O)c1OCC. The average molecular weight is 413 g/mol. The summed E-state index contributed by atoms with van der Waals surface area (Å²) in [6, 6.07) is 4.84. The van der Waals surface area contributed by atoms with E-state index in [2.05, 4.69) is 4.98 Å². The molecular weight excluding hydrogens is 391 g/mol. The van der Waals surface area contributed by atoms with Crippen molar-refractivity contribution in [1.82, 2.24) is 9.55 Å². The molecule has 10 heteroatoms. The Hall–Kier alpha value is -3.04. The topological polar surface area (TPSA) is 73.7 Å². The van der Waals surface area contributed by atoms with Gasteiger partial charge in [0.05, 0.1) is 18.8 Å². The average Bonchev–Trinajstić information content (AvgIpc) is 2.65. The molecule has 1 heterocycles. The third kappa shape index (κ3) is 5.07. The molecule has 0 amide bonds. The molecular formula is C19H22F3N3O4. The molecule has 0 radical (unpaired) electrons. The number of alkyl halides is 3. The van der Waals surface area contributed by atoms with E-state index < -0.39 is 23.3 Å². The number of nitrogens with zero attached hydrogens (tertiary/aromatic N) is 3. The summed E-state index contributed by atoms with van der Waals surface area (Å²) in [6.07, 6.45) is -4.46. The fourth-order valence-electron chi connectivity index (χ4n) is 2.71. The maximum Gasteiger partial charge on any atom is 0.416 e. The Labute approximate surface area is 165 Å². The second kappa shape index (κ2) is 8.97. The lowest BCUT2D eigenvalue weighted by Crippen LogP contribution is -2.32. The Morgan fingerprint density at radius 1 is 1.24 bits per heavy atom. The predicted molar refractivity (Wildman–Crippen MR) is 100 cm³/mol. The molecule has 1 aromatic carbocycles. The van der Waals surface area contributed by atoms with Crippen molar-refractivity contribution < 1.29 is 27.4 Å². The lowest BCUT2D eigenvalue weighted by Gasteiger charge is -2.22. The van der Waals surface area contributed by atoms with Crippen LogP contribution in [0.15, 0.2) is 29.1 Å². The van der Waals surface area contributed by atoms with Crippen molar-refractivity contribution in [3.63, 3.8) is 0 Å². The van der Waals surface area contributed by atoms with E-state index in [-0.39, 0.29) is 37.2 Å².